The van der Waals surface area contributed by atoms with E-state index < -0.39 is 5.82 Å². The maximum atomic E-state index is 13.7. The van der Waals surface area contributed by atoms with Gasteiger partial charge in [0, 0.05) is 24.2 Å². The van der Waals surface area contributed by atoms with E-state index in [-0.39, 0.29) is 19.3 Å². The Bertz CT molecular complexity index is 395. The molecule has 0 aliphatic carbocycles. The first-order chi connectivity index (χ1) is 7.15. The van der Waals surface area contributed by atoms with Crippen LogP contribution in [0.4, 0.5) is 4.39 Å². The summed E-state index contributed by atoms with van der Waals surface area (Å²) >= 11 is 3.27. The summed E-state index contributed by atoms with van der Waals surface area (Å²) in [6, 6.07) is 1.29. The number of aliphatic hydroxyl groups excluding tert-OH is 1. The number of hydrogen-bond acceptors (Lipinski definition) is 3. The Morgan fingerprint density at radius 2 is 2.33 bits per heavy atom. The van der Waals surface area contributed by atoms with Gasteiger partial charge in [0.15, 0.2) is 11.5 Å². The zero-order valence-corrected chi connectivity index (χ0v) is 9.67. The number of fused-ring (bicyclic) bond motifs is 1. The lowest BCUT2D eigenvalue weighted by atomic mass is 10.0. The van der Waals surface area contributed by atoms with Crippen molar-refractivity contribution in [1.29, 1.82) is 0 Å². The van der Waals surface area contributed by atoms with E-state index in [4.69, 9.17) is 14.6 Å². The topological polar surface area (TPSA) is 38.7 Å². The third kappa shape index (κ3) is 1.70. The maximum absolute atomic E-state index is 13.7. The van der Waals surface area contributed by atoms with Crippen LogP contribution in [0.2, 0.25) is 0 Å². The van der Waals surface area contributed by atoms with Crippen LogP contribution in [0.5, 0.6) is 11.5 Å². The molecule has 1 atom stereocenters. The summed E-state index contributed by atoms with van der Waals surface area (Å²) in [6.07, 6.45) is 0. The van der Waals surface area contributed by atoms with Gasteiger partial charge in [-0.3, -0.25) is 0 Å². The van der Waals surface area contributed by atoms with E-state index in [0.29, 0.717) is 21.5 Å². The van der Waals surface area contributed by atoms with Crippen molar-refractivity contribution in [2.75, 3.05) is 13.4 Å². The molecule has 0 fully saturated rings. The third-order valence-electron chi connectivity index (χ3n) is 2.36. The molecule has 0 amide bonds. The lowest BCUT2D eigenvalue weighted by Crippen LogP contribution is -2.03. The molecule has 1 aromatic rings. The van der Waals surface area contributed by atoms with E-state index in [0.717, 1.165) is 0 Å². The van der Waals surface area contributed by atoms with Gasteiger partial charge >= 0.3 is 0 Å². The molecule has 0 saturated heterocycles. The van der Waals surface area contributed by atoms with Gasteiger partial charge in [0.05, 0.1) is 4.47 Å². The molecule has 0 aromatic heterocycles. The number of ether oxygens (including phenoxy) is 2. The molecule has 0 radical (unpaired) electrons. The van der Waals surface area contributed by atoms with Crippen LogP contribution < -0.4 is 9.47 Å². The van der Waals surface area contributed by atoms with Crippen LogP contribution >= 0.6 is 15.9 Å². The minimum absolute atomic E-state index is 0.102. The SMILES string of the molecule is CC(CO)c1c(F)cc2c(c1Br)OCO2. The van der Waals surface area contributed by atoms with Crippen LogP contribution in [0.1, 0.15) is 18.4 Å². The first-order valence-electron chi connectivity index (χ1n) is 4.53. The molecular formula is C10H10BrFO3. The molecule has 1 N–H and O–H groups in total. The van der Waals surface area contributed by atoms with Gasteiger partial charge in [-0.1, -0.05) is 6.92 Å². The largest absolute Gasteiger partial charge is 0.453 e. The maximum Gasteiger partial charge on any atom is 0.231 e. The average molecular weight is 277 g/mol. The van der Waals surface area contributed by atoms with Gasteiger partial charge < -0.3 is 14.6 Å². The highest BCUT2D eigenvalue weighted by atomic mass is 79.9. The van der Waals surface area contributed by atoms with Gasteiger partial charge in [-0.15, -0.1) is 0 Å². The van der Waals surface area contributed by atoms with Crippen molar-refractivity contribution < 1.29 is 19.0 Å². The lowest BCUT2D eigenvalue weighted by molar-refractivity contribution is 0.173. The second kappa shape index (κ2) is 3.98. The van der Waals surface area contributed by atoms with E-state index >= 15 is 0 Å². The second-order valence-corrected chi connectivity index (χ2v) is 4.20. The highest BCUT2D eigenvalue weighted by Crippen LogP contribution is 2.44. The number of benzene rings is 1. The van der Waals surface area contributed by atoms with E-state index in [1.807, 2.05) is 0 Å². The molecule has 1 aromatic carbocycles. The van der Waals surface area contributed by atoms with Crippen LogP contribution in [0, 0.1) is 5.82 Å². The summed E-state index contributed by atoms with van der Waals surface area (Å²) in [5.74, 6) is 0.224. The number of halogens is 2. The van der Waals surface area contributed by atoms with Crippen LogP contribution in [0.25, 0.3) is 0 Å². The molecule has 82 valence electrons. The van der Waals surface area contributed by atoms with Crippen molar-refractivity contribution >= 4 is 15.9 Å². The molecule has 3 nitrogen and oxygen atoms in total. The zero-order chi connectivity index (χ0) is 11.0. The summed E-state index contributed by atoms with van der Waals surface area (Å²) in [7, 11) is 0. The summed E-state index contributed by atoms with van der Waals surface area (Å²) in [5.41, 5.74) is 0.418. The predicted octanol–water partition coefficient (Wildman–Crippen LogP) is 2.41. The molecule has 0 bridgehead atoms. The van der Waals surface area contributed by atoms with E-state index in [9.17, 15) is 4.39 Å². The summed E-state index contributed by atoms with van der Waals surface area (Å²) in [4.78, 5) is 0. The fourth-order valence-electron chi connectivity index (χ4n) is 1.53. The Labute approximate surface area is 94.9 Å². The van der Waals surface area contributed by atoms with Crippen molar-refractivity contribution in [1.82, 2.24) is 0 Å². The van der Waals surface area contributed by atoms with E-state index in [1.165, 1.54) is 6.07 Å². The molecule has 1 aliphatic heterocycles. The fraction of sp³-hybridized carbons (Fsp3) is 0.400. The lowest BCUT2D eigenvalue weighted by Gasteiger charge is -2.13. The quantitative estimate of drug-likeness (QED) is 0.902. The Morgan fingerprint density at radius 3 is 3.00 bits per heavy atom. The molecule has 0 saturated carbocycles. The molecular weight excluding hydrogens is 267 g/mol. The van der Waals surface area contributed by atoms with Gasteiger partial charge in [-0.05, 0) is 15.9 Å². The summed E-state index contributed by atoms with van der Waals surface area (Å²) in [6.45, 7) is 1.73. The molecule has 1 heterocycles. The van der Waals surface area contributed by atoms with Crippen molar-refractivity contribution in [2.24, 2.45) is 0 Å². The molecule has 2 rings (SSSR count). The van der Waals surface area contributed by atoms with Gasteiger partial charge in [0.25, 0.3) is 0 Å². The third-order valence-corrected chi connectivity index (χ3v) is 3.15. The molecule has 1 unspecified atom stereocenters. The Hall–Kier alpha value is -0.810. The van der Waals surface area contributed by atoms with Crippen LogP contribution in [0.15, 0.2) is 10.5 Å². The average Bonchev–Trinajstić information content (AvgIpc) is 2.65. The highest BCUT2D eigenvalue weighted by molar-refractivity contribution is 9.10. The first kappa shape index (κ1) is 10.7. The Morgan fingerprint density at radius 1 is 1.60 bits per heavy atom. The monoisotopic (exact) mass is 276 g/mol. The minimum Gasteiger partial charge on any atom is -0.453 e. The normalized spacial score (nSPS) is 15.5. The highest BCUT2D eigenvalue weighted by Gasteiger charge is 2.25. The number of rotatable bonds is 2. The standard InChI is InChI=1S/C10H10BrFO3/c1-5(3-13)8-6(12)2-7-10(9(8)11)15-4-14-7/h2,5,13H,3-4H2,1H3. The van der Waals surface area contributed by atoms with Crippen LogP contribution in [-0.4, -0.2) is 18.5 Å². The Kier molecular flexibility index (Phi) is 2.84. The van der Waals surface area contributed by atoms with Crippen LogP contribution in [0.3, 0.4) is 0 Å². The van der Waals surface area contributed by atoms with Crippen molar-refractivity contribution in [2.45, 2.75) is 12.8 Å². The summed E-state index contributed by atoms with van der Waals surface area (Å²) < 4.78 is 24.5. The van der Waals surface area contributed by atoms with E-state index in [1.54, 1.807) is 6.92 Å². The van der Waals surface area contributed by atoms with Crippen molar-refractivity contribution in [3.05, 3.63) is 21.9 Å². The van der Waals surface area contributed by atoms with E-state index in [2.05, 4.69) is 15.9 Å². The first-order valence-corrected chi connectivity index (χ1v) is 5.32. The van der Waals surface area contributed by atoms with Gasteiger partial charge in [-0.2, -0.15) is 0 Å². The predicted molar refractivity (Wildman–Crippen MR) is 55.7 cm³/mol. The number of aliphatic hydroxyl groups is 1. The Balaban J connectivity index is 2.56. The molecule has 5 heteroatoms. The van der Waals surface area contributed by atoms with Gasteiger partial charge in [-0.25, -0.2) is 4.39 Å². The van der Waals surface area contributed by atoms with Crippen molar-refractivity contribution in [3.63, 3.8) is 0 Å². The van der Waals surface area contributed by atoms with Gasteiger partial charge in [0.2, 0.25) is 6.79 Å². The minimum atomic E-state index is -0.396. The molecule has 0 spiro atoms. The number of hydrogen-bond donors (Lipinski definition) is 1. The summed E-state index contributed by atoms with van der Waals surface area (Å²) in [5, 5.41) is 9.03. The fourth-order valence-corrected chi connectivity index (χ4v) is 2.42. The zero-order valence-electron chi connectivity index (χ0n) is 8.09. The van der Waals surface area contributed by atoms with Crippen LogP contribution in [-0.2, 0) is 0 Å². The van der Waals surface area contributed by atoms with Crippen molar-refractivity contribution in [3.8, 4) is 11.5 Å². The smallest absolute Gasteiger partial charge is 0.231 e. The van der Waals surface area contributed by atoms with Gasteiger partial charge in [0.1, 0.15) is 5.82 Å². The molecule has 1 aliphatic rings. The second-order valence-electron chi connectivity index (χ2n) is 3.40. The molecule has 15 heavy (non-hydrogen) atoms.